The molecule has 0 radical (unpaired) electrons. The second kappa shape index (κ2) is 5.33. The molecule has 0 spiro atoms. The second-order valence-corrected chi connectivity index (χ2v) is 5.93. The summed E-state index contributed by atoms with van der Waals surface area (Å²) in [5.74, 6) is 2.23. The van der Waals surface area contributed by atoms with Crippen LogP contribution < -0.4 is 5.73 Å². The van der Waals surface area contributed by atoms with Crippen molar-refractivity contribution in [3.05, 3.63) is 28.5 Å². The highest BCUT2D eigenvalue weighted by atomic mass is 79.9. The van der Waals surface area contributed by atoms with Crippen molar-refractivity contribution in [1.82, 2.24) is 15.2 Å². The number of nitrogens with two attached hydrogens (primary N) is 1. The molecule has 0 amide bonds. The maximum atomic E-state index is 6.06. The van der Waals surface area contributed by atoms with Gasteiger partial charge in [0, 0.05) is 16.0 Å². The zero-order valence-electron chi connectivity index (χ0n) is 10.7. The summed E-state index contributed by atoms with van der Waals surface area (Å²) in [5, 5.41) is 7.42. The van der Waals surface area contributed by atoms with E-state index < -0.39 is 0 Å². The van der Waals surface area contributed by atoms with E-state index in [9.17, 15) is 0 Å². The first-order chi connectivity index (χ1) is 9.25. The highest BCUT2D eigenvalue weighted by Crippen LogP contribution is 2.33. The maximum Gasteiger partial charge on any atom is 0.183 e. The first kappa shape index (κ1) is 12.7. The molecule has 0 atom stereocenters. The molecule has 1 aromatic heterocycles. The lowest BCUT2D eigenvalue weighted by atomic mass is 9.89. The number of hydrogen-bond acceptors (Lipinski definition) is 3. The summed E-state index contributed by atoms with van der Waals surface area (Å²) in [6.45, 7) is 0. The third kappa shape index (κ3) is 2.52. The Morgan fingerprint density at radius 2 is 2.00 bits per heavy atom. The number of hydrogen-bond donors (Lipinski definition) is 2. The van der Waals surface area contributed by atoms with E-state index in [1.54, 1.807) is 0 Å². The minimum absolute atomic E-state index is 0.531. The van der Waals surface area contributed by atoms with Crippen molar-refractivity contribution in [1.29, 1.82) is 0 Å². The molecular weight excluding hydrogens is 304 g/mol. The van der Waals surface area contributed by atoms with Crippen molar-refractivity contribution in [2.45, 2.75) is 38.0 Å². The number of aromatic amines is 1. The van der Waals surface area contributed by atoms with Gasteiger partial charge >= 0.3 is 0 Å². The van der Waals surface area contributed by atoms with E-state index >= 15 is 0 Å². The number of aromatic nitrogens is 3. The van der Waals surface area contributed by atoms with Crippen LogP contribution in [0.3, 0.4) is 0 Å². The summed E-state index contributed by atoms with van der Waals surface area (Å²) in [5.41, 5.74) is 7.64. The van der Waals surface area contributed by atoms with Crippen LogP contribution in [-0.2, 0) is 0 Å². The summed E-state index contributed by atoms with van der Waals surface area (Å²) in [7, 11) is 0. The van der Waals surface area contributed by atoms with E-state index in [-0.39, 0.29) is 0 Å². The highest BCUT2D eigenvalue weighted by Gasteiger charge is 2.20. The zero-order valence-corrected chi connectivity index (χ0v) is 12.3. The summed E-state index contributed by atoms with van der Waals surface area (Å²) in [6, 6.07) is 5.83. The number of H-pyrrole nitrogens is 1. The van der Waals surface area contributed by atoms with Crippen molar-refractivity contribution < 1.29 is 0 Å². The van der Waals surface area contributed by atoms with Crippen molar-refractivity contribution >= 4 is 21.6 Å². The van der Waals surface area contributed by atoms with Gasteiger partial charge in [-0.3, -0.25) is 5.10 Å². The van der Waals surface area contributed by atoms with E-state index in [2.05, 4.69) is 31.1 Å². The van der Waals surface area contributed by atoms with Crippen molar-refractivity contribution in [2.75, 3.05) is 5.73 Å². The van der Waals surface area contributed by atoms with Crippen LogP contribution in [0.4, 0.5) is 5.69 Å². The normalized spacial score (nSPS) is 16.7. The zero-order chi connectivity index (χ0) is 13.2. The Balaban J connectivity index is 1.90. The number of para-hydroxylation sites is 1. The van der Waals surface area contributed by atoms with Gasteiger partial charge in [-0.05, 0) is 40.9 Å². The molecule has 1 fully saturated rings. The van der Waals surface area contributed by atoms with Crippen molar-refractivity contribution in [3.8, 4) is 11.4 Å². The standard InChI is InChI=1S/C14H17BrN4/c15-11-8-4-7-10(12(11)16)14-17-13(18-19-14)9-5-2-1-3-6-9/h4,7-9H,1-3,5-6,16H2,(H,17,18,19). The number of benzene rings is 1. The second-order valence-electron chi connectivity index (χ2n) is 5.08. The number of nitrogen functional groups attached to an aromatic ring is 1. The van der Waals surface area contributed by atoms with E-state index in [4.69, 9.17) is 5.73 Å². The van der Waals surface area contributed by atoms with Gasteiger partial charge in [0.05, 0.1) is 5.69 Å². The van der Waals surface area contributed by atoms with Crippen LogP contribution >= 0.6 is 15.9 Å². The number of nitrogens with one attached hydrogen (secondary N) is 1. The van der Waals surface area contributed by atoms with Crippen molar-refractivity contribution in [2.24, 2.45) is 0 Å². The van der Waals surface area contributed by atoms with Crippen LogP contribution in [0.2, 0.25) is 0 Å². The maximum absolute atomic E-state index is 6.06. The molecule has 1 saturated carbocycles. The molecule has 19 heavy (non-hydrogen) atoms. The SMILES string of the molecule is Nc1c(Br)cccc1-c1n[nH]c(C2CCCCC2)n1. The Hall–Kier alpha value is -1.36. The monoisotopic (exact) mass is 320 g/mol. The van der Waals surface area contributed by atoms with Gasteiger partial charge in [0.2, 0.25) is 0 Å². The molecule has 100 valence electrons. The molecule has 0 bridgehead atoms. The number of nitrogens with zero attached hydrogens (tertiary/aromatic N) is 2. The third-order valence-electron chi connectivity index (χ3n) is 3.79. The van der Waals surface area contributed by atoms with Gasteiger partial charge in [0.1, 0.15) is 5.82 Å². The molecule has 1 aliphatic carbocycles. The average molecular weight is 321 g/mol. The molecule has 1 aliphatic rings. The molecule has 3 N–H and O–H groups in total. The van der Waals surface area contributed by atoms with Crippen LogP contribution in [0.15, 0.2) is 22.7 Å². The van der Waals surface area contributed by atoms with E-state index in [0.29, 0.717) is 17.4 Å². The summed E-state index contributed by atoms with van der Waals surface area (Å²) >= 11 is 3.44. The molecule has 3 rings (SSSR count). The minimum Gasteiger partial charge on any atom is -0.397 e. The fourth-order valence-corrected chi connectivity index (χ4v) is 3.05. The summed E-state index contributed by atoms with van der Waals surface area (Å²) in [4.78, 5) is 4.64. The molecular formula is C14H17BrN4. The molecule has 2 aromatic rings. The van der Waals surface area contributed by atoms with E-state index in [1.807, 2.05) is 18.2 Å². The Morgan fingerprint density at radius 1 is 1.21 bits per heavy atom. The topological polar surface area (TPSA) is 67.6 Å². The first-order valence-corrected chi connectivity index (χ1v) is 7.51. The van der Waals surface area contributed by atoms with Gasteiger partial charge in [0.25, 0.3) is 0 Å². The molecule has 0 unspecified atom stereocenters. The summed E-state index contributed by atoms with van der Waals surface area (Å²) < 4.78 is 0.883. The highest BCUT2D eigenvalue weighted by molar-refractivity contribution is 9.10. The number of anilines is 1. The molecule has 5 heteroatoms. The van der Waals surface area contributed by atoms with Crippen LogP contribution in [0.5, 0.6) is 0 Å². The van der Waals surface area contributed by atoms with Gasteiger partial charge in [-0.25, -0.2) is 4.98 Å². The smallest absolute Gasteiger partial charge is 0.183 e. The van der Waals surface area contributed by atoms with Gasteiger partial charge in [0.15, 0.2) is 5.82 Å². The molecule has 1 heterocycles. The largest absolute Gasteiger partial charge is 0.397 e. The number of rotatable bonds is 2. The van der Waals surface area contributed by atoms with E-state index in [1.165, 1.54) is 32.1 Å². The lowest BCUT2D eigenvalue weighted by Gasteiger charge is -2.18. The average Bonchev–Trinajstić information content (AvgIpc) is 2.92. The van der Waals surface area contributed by atoms with Gasteiger partial charge < -0.3 is 5.73 Å². The van der Waals surface area contributed by atoms with Crippen LogP contribution in [0.25, 0.3) is 11.4 Å². The van der Waals surface area contributed by atoms with Crippen LogP contribution in [-0.4, -0.2) is 15.2 Å². The van der Waals surface area contributed by atoms with Gasteiger partial charge in [-0.15, -0.1) is 0 Å². The van der Waals surface area contributed by atoms with Gasteiger partial charge in [-0.1, -0.05) is 25.3 Å². The summed E-state index contributed by atoms with van der Waals surface area (Å²) in [6.07, 6.45) is 6.35. The van der Waals surface area contributed by atoms with Crippen LogP contribution in [0.1, 0.15) is 43.8 Å². The van der Waals surface area contributed by atoms with Gasteiger partial charge in [-0.2, -0.15) is 5.10 Å². The Morgan fingerprint density at radius 3 is 2.79 bits per heavy atom. The van der Waals surface area contributed by atoms with E-state index in [0.717, 1.165) is 15.9 Å². The first-order valence-electron chi connectivity index (χ1n) is 6.72. The third-order valence-corrected chi connectivity index (χ3v) is 4.48. The lowest BCUT2D eigenvalue weighted by Crippen LogP contribution is -2.06. The van der Waals surface area contributed by atoms with Crippen LogP contribution in [0, 0.1) is 0 Å². The lowest BCUT2D eigenvalue weighted by molar-refractivity contribution is 0.429. The minimum atomic E-state index is 0.531. The molecule has 0 saturated heterocycles. The Labute approximate surface area is 120 Å². The Kier molecular flexibility index (Phi) is 3.55. The predicted octanol–water partition coefficient (Wildman–Crippen LogP) is 3.86. The fourth-order valence-electron chi connectivity index (χ4n) is 2.69. The Bertz CT molecular complexity index is 573. The predicted molar refractivity (Wildman–Crippen MR) is 79.8 cm³/mol. The fraction of sp³-hybridized carbons (Fsp3) is 0.429. The molecule has 0 aliphatic heterocycles. The number of halogens is 1. The molecule has 1 aromatic carbocycles. The quantitative estimate of drug-likeness (QED) is 0.825. The van der Waals surface area contributed by atoms with Crippen molar-refractivity contribution in [3.63, 3.8) is 0 Å². The molecule has 4 nitrogen and oxygen atoms in total.